The van der Waals surface area contributed by atoms with Gasteiger partial charge in [0, 0.05) is 10.9 Å². The van der Waals surface area contributed by atoms with E-state index >= 15 is 0 Å². The number of nitriles is 1. The zero-order chi connectivity index (χ0) is 15.2. The van der Waals surface area contributed by atoms with Gasteiger partial charge in [-0.05, 0) is 31.4 Å². The number of hydrogen-bond acceptors (Lipinski definition) is 4. The number of amides is 1. The molecule has 1 saturated carbocycles. The third kappa shape index (κ3) is 3.99. The van der Waals surface area contributed by atoms with Gasteiger partial charge in [-0.2, -0.15) is 5.26 Å². The highest BCUT2D eigenvalue weighted by Gasteiger charge is 2.30. The highest BCUT2D eigenvalue weighted by Crippen LogP contribution is 2.27. The Labute approximate surface area is 127 Å². The van der Waals surface area contributed by atoms with E-state index in [4.69, 9.17) is 10.4 Å². The molecule has 0 bridgehead atoms. The number of thioether (sulfide) groups is 1. The SMILES string of the molecule is N#CCSc1ccccc1C(=O)N[C@H]1CC[C@@H](C(=O)O)C1. The number of carbonyl (C=O) groups excluding carboxylic acids is 1. The number of benzene rings is 1. The monoisotopic (exact) mass is 304 g/mol. The molecular formula is C15H16N2O3S. The zero-order valence-corrected chi connectivity index (χ0v) is 12.2. The van der Waals surface area contributed by atoms with Crippen molar-refractivity contribution < 1.29 is 14.7 Å². The van der Waals surface area contributed by atoms with Gasteiger partial charge < -0.3 is 10.4 Å². The Morgan fingerprint density at radius 1 is 1.38 bits per heavy atom. The van der Waals surface area contributed by atoms with Crippen LogP contribution in [0.5, 0.6) is 0 Å². The first-order valence-electron chi connectivity index (χ1n) is 6.74. The summed E-state index contributed by atoms with van der Waals surface area (Å²) < 4.78 is 0. The molecule has 0 saturated heterocycles. The van der Waals surface area contributed by atoms with Crippen molar-refractivity contribution in [3.8, 4) is 6.07 Å². The van der Waals surface area contributed by atoms with Crippen LogP contribution in [-0.2, 0) is 4.79 Å². The molecule has 110 valence electrons. The lowest BCUT2D eigenvalue weighted by Crippen LogP contribution is -2.33. The number of rotatable bonds is 5. The maximum absolute atomic E-state index is 12.3. The first-order valence-corrected chi connectivity index (χ1v) is 7.73. The van der Waals surface area contributed by atoms with Crippen LogP contribution < -0.4 is 5.32 Å². The van der Waals surface area contributed by atoms with Crippen LogP contribution in [0.4, 0.5) is 0 Å². The number of carboxylic acid groups (broad SMARTS) is 1. The van der Waals surface area contributed by atoms with Crippen molar-refractivity contribution >= 4 is 23.6 Å². The second-order valence-corrected chi connectivity index (χ2v) is 5.98. The van der Waals surface area contributed by atoms with Gasteiger partial charge in [0.1, 0.15) is 0 Å². The number of nitrogens with zero attached hydrogens (tertiary/aromatic N) is 1. The van der Waals surface area contributed by atoms with E-state index in [-0.39, 0.29) is 23.6 Å². The normalized spacial score (nSPS) is 20.7. The van der Waals surface area contributed by atoms with E-state index in [1.165, 1.54) is 11.8 Å². The molecule has 0 unspecified atom stereocenters. The Morgan fingerprint density at radius 2 is 2.14 bits per heavy atom. The van der Waals surface area contributed by atoms with Crippen molar-refractivity contribution in [3.63, 3.8) is 0 Å². The standard InChI is InChI=1S/C15H16N2O3S/c16-7-8-21-13-4-2-1-3-12(13)14(18)17-11-6-5-10(9-11)15(19)20/h1-4,10-11H,5-6,8-9H2,(H,17,18)(H,19,20)/t10-,11+/m1/s1. The van der Waals surface area contributed by atoms with E-state index < -0.39 is 5.97 Å². The average molecular weight is 304 g/mol. The lowest BCUT2D eigenvalue weighted by Gasteiger charge is -2.14. The Kier molecular flexibility index (Phi) is 5.23. The summed E-state index contributed by atoms with van der Waals surface area (Å²) in [5.74, 6) is -1.07. The molecule has 0 aromatic heterocycles. The van der Waals surface area contributed by atoms with Crippen LogP contribution in [0.2, 0.25) is 0 Å². The van der Waals surface area contributed by atoms with Crippen LogP contribution in [0.25, 0.3) is 0 Å². The van der Waals surface area contributed by atoms with Gasteiger partial charge in [0.05, 0.1) is 23.3 Å². The van der Waals surface area contributed by atoms with Crippen LogP contribution >= 0.6 is 11.8 Å². The molecule has 2 rings (SSSR count). The predicted molar refractivity (Wildman–Crippen MR) is 79.0 cm³/mol. The fourth-order valence-electron chi connectivity index (χ4n) is 2.49. The number of carbonyl (C=O) groups is 2. The summed E-state index contributed by atoms with van der Waals surface area (Å²) in [7, 11) is 0. The fourth-order valence-corrected chi connectivity index (χ4v) is 3.20. The van der Waals surface area contributed by atoms with Gasteiger partial charge in [0.25, 0.3) is 5.91 Å². The predicted octanol–water partition coefficient (Wildman–Crippen LogP) is 2.29. The minimum Gasteiger partial charge on any atom is -0.481 e. The van der Waals surface area contributed by atoms with Gasteiger partial charge in [-0.25, -0.2) is 0 Å². The molecule has 2 atom stereocenters. The topological polar surface area (TPSA) is 90.2 Å². The number of hydrogen-bond donors (Lipinski definition) is 2. The first-order chi connectivity index (χ1) is 10.1. The van der Waals surface area contributed by atoms with Crippen LogP contribution in [0.1, 0.15) is 29.6 Å². The maximum Gasteiger partial charge on any atom is 0.306 e. The van der Waals surface area contributed by atoms with Crippen molar-refractivity contribution in [2.75, 3.05) is 5.75 Å². The van der Waals surface area contributed by atoms with Gasteiger partial charge in [-0.3, -0.25) is 9.59 Å². The molecule has 1 aliphatic carbocycles. The molecule has 21 heavy (non-hydrogen) atoms. The van der Waals surface area contributed by atoms with Gasteiger partial charge in [0.2, 0.25) is 0 Å². The minimum atomic E-state index is -0.795. The van der Waals surface area contributed by atoms with E-state index in [1.807, 2.05) is 18.2 Å². The Balaban J connectivity index is 2.01. The van der Waals surface area contributed by atoms with Gasteiger partial charge in [-0.15, -0.1) is 11.8 Å². The van der Waals surface area contributed by atoms with Crippen LogP contribution in [-0.4, -0.2) is 28.8 Å². The van der Waals surface area contributed by atoms with Crippen LogP contribution in [0.3, 0.4) is 0 Å². The van der Waals surface area contributed by atoms with Crippen molar-refractivity contribution in [1.82, 2.24) is 5.32 Å². The summed E-state index contributed by atoms with van der Waals surface area (Å²) in [5, 5.41) is 20.5. The Bertz CT molecular complexity index is 583. The van der Waals surface area contributed by atoms with E-state index in [9.17, 15) is 9.59 Å². The molecule has 5 nitrogen and oxygen atoms in total. The molecule has 1 aromatic carbocycles. The molecule has 1 aromatic rings. The molecular weight excluding hydrogens is 288 g/mol. The largest absolute Gasteiger partial charge is 0.481 e. The first kappa shape index (κ1) is 15.4. The molecule has 0 radical (unpaired) electrons. The van der Waals surface area contributed by atoms with Gasteiger partial charge in [0.15, 0.2) is 0 Å². The third-order valence-corrected chi connectivity index (χ3v) is 4.48. The van der Waals surface area contributed by atoms with E-state index in [0.717, 1.165) is 4.90 Å². The molecule has 0 heterocycles. The second-order valence-electron chi connectivity index (χ2n) is 4.96. The average Bonchev–Trinajstić information content (AvgIpc) is 2.94. The number of nitrogens with one attached hydrogen (secondary N) is 1. The quantitative estimate of drug-likeness (QED) is 0.814. The number of aliphatic carboxylic acids is 1. The summed E-state index contributed by atoms with van der Waals surface area (Å²) >= 11 is 1.32. The zero-order valence-electron chi connectivity index (χ0n) is 11.4. The van der Waals surface area contributed by atoms with Crippen LogP contribution in [0, 0.1) is 17.2 Å². The van der Waals surface area contributed by atoms with Gasteiger partial charge >= 0.3 is 5.97 Å². The summed E-state index contributed by atoms with van der Waals surface area (Å²) in [5.41, 5.74) is 0.538. The van der Waals surface area contributed by atoms with E-state index in [0.29, 0.717) is 24.8 Å². The summed E-state index contributed by atoms with van der Waals surface area (Å²) in [6, 6.07) is 9.09. The smallest absolute Gasteiger partial charge is 0.306 e. The van der Waals surface area contributed by atoms with Gasteiger partial charge in [-0.1, -0.05) is 12.1 Å². The molecule has 1 amide bonds. The summed E-state index contributed by atoms with van der Waals surface area (Å²) in [6.45, 7) is 0. The maximum atomic E-state index is 12.3. The summed E-state index contributed by atoms with van der Waals surface area (Å²) in [6.07, 6.45) is 1.77. The van der Waals surface area contributed by atoms with Crippen molar-refractivity contribution in [3.05, 3.63) is 29.8 Å². The molecule has 1 fully saturated rings. The Hall–Kier alpha value is -2.00. The van der Waals surface area contributed by atoms with Crippen molar-refractivity contribution in [2.45, 2.75) is 30.2 Å². The van der Waals surface area contributed by atoms with E-state index in [1.54, 1.807) is 12.1 Å². The fraction of sp³-hybridized carbons (Fsp3) is 0.400. The van der Waals surface area contributed by atoms with Crippen molar-refractivity contribution in [1.29, 1.82) is 5.26 Å². The summed E-state index contributed by atoms with van der Waals surface area (Å²) in [4.78, 5) is 24.0. The Morgan fingerprint density at radius 3 is 2.81 bits per heavy atom. The third-order valence-electron chi connectivity index (χ3n) is 3.54. The lowest BCUT2D eigenvalue weighted by atomic mass is 10.1. The van der Waals surface area contributed by atoms with Crippen molar-refractivity contribution in [2.24, 2.45) is 5.92 Å². The minimum absolute atomic E-state index is 0.0902. The molecule has 0 aliphatic heterocycles. The molecule has 2 N–H and O–H groups in total. The molecule has 6 heteroatoms. The molecule has 1 aliphatic rings. The second kappa shape index (κ2) is 7.14. The van der Waals surface area contributed by atoms with Crippen LogP contribution in [0.15, 0.2) is 29.2 Å². The van der Waals surface area contributed by atoms with E-state index in [2.05, 4.69) is 5.32 Å². The highest BCUT2D eigenvalue weighted by molar-refractivity contribution is 7.99. The molecule has 0 spiro atoms. The highest BCUT2D eigenvalue weighted by atomic mass is 32.2. The number of carboxylic acids is 1. The lowest BCUT2D eigenvalue weighted by molar-refractivity contribution is -0.141.